The Morgan fingerprint density at radius 3 is 2.56 bits per heavy atom. The number of nitrogens with one attached hydrogen (secondary N) is 1. The van der Waals surface area contributed by atoms with Crippen LogP contribution in [0.5, 0.6) is 0 Å². The summed E-state index contributed by atoms with van der Waals surface area (Å²) in [5.41, 5.74) is 9.57. The molecule has 5 heteroatoms. The van der Waals surface area contributed by atoms with Gasteiger partial charge in [-0.2, -0.15) is 0 Å². The van der Waals surface area contributed by atoms with Gasteiger partial charge in [0.05, 0.1) is 39.7 Å². The minimum absolute atomic E-state index is 0.00545. The van der Waals surface area contributed by atoms with Crippen LogP contribution in [0.4, 0.5) is 5.69 Å². The molecule has 3 unspecified atom stereocenters. The Morgan fingerprint density at radius 2 is 1.72 bits per heavy atom. The molecule has 5 nitrogen and oxygen atoms in total. The van der Waals surface area contributed by atoms with E-state index in [0.29, 0.717) is 0 Å². The van der Waals surface area contributed by atoms with Gasteiger partial charge in [0.15, 0.2) is 0 Å². The highest BCUT2D eigenvalue weighted by Gasteiger charge is 2.53. The number of benzene rings is 3. The lowest BCUT2D eigenvalue weighted by molar-refractivity contribution is 0.569. The van der Waals surface area contributed by atoms with E-state index in [2.05, 4.69) is 150 Å². The van der Waals surface area contributed by atoms with Gasteiger partial charge in [0.2, 0.25) is 0 Å². The molecule has 9 rings (SSSR count). The second kappa shape index (κ2) is 11.9. The fraction of sp³-hybridized carbons (Fsp3) is 0.0889. The number of anilines is 1. The second-order valence-electron chi connectivity index (χ2n) is 12.8. The normalized spacial score (nSPS) is 20.1. The lowest BCUT2D eigenvalue weighted by Gasteiger charge is -2.39. The third kappa shape index (κ3) is 4.46. The third-order valence-corrected chi connectivity index (χ3v) is 10.1. The highest BCUT2D eigenvalue weighted by Crippen LogP contribution is 2.56. The standard InChI is InChI=1S/C45H33N5/c1-3-16-30(4-2)38-29-39(49-44(48-38)31-17-7-5-8-18-31)37-24-15-26-42(47-37)50-40-25-14-11-21-33(40)34-27-28-41-45(43(34)50,32-19-9-6-10-20-32)35-22-12-13-23-36(35)46-41/h1,4-17,19-29,31,41,46H,2,18H2/b30-16+. The van der Waals surface area contributed by atoms with Crippen molar-refractivity contribution in [2.24, 2.45) is 0 Å². The van der Waals surface area contributed by atoms with E-state index < -0.39 is 5.41 Å². The van der Waals surface area contributed by atoms with Gasteiger partial charge in [0, 0.05) is 28.1 Å². The van der Waals surface area contributed by atoms with Crippen LogP contribution in [-0.4, -0.2) is 25.6 Å². The molecule has 2 aliphatic carbocycles. The number of fused-ring (bicyclic) bond motifs is 7. The van der Waals surface area contributed by atoms with Crippen molar-refractivity contribution < 1.29 is 0 Å². The molecule has 0 spiro atoms. The second-order valence-corrected chi connectivity index (χ2v) is 12.8. The van der Waals surface area contributed by atoms with Crippen molar-refractivity contribution in [1.29, 1.82) is 0 Å². The van der Waals surface area contributed by atoms with E-state index in [1.54, 1.807) is 12.2 Å². The van der Waals surface area contributed by atoms with Crippen LogP contribution in [0.3, 0.4) is 0 Å². The number of hydrogen-bond acceptors (Lipinski definition) is 4. The van der Waals surface area contributed by atoms with Gasteiger partial charge in [-0.3, -0.25) is 4.57 Å². The van der Waals surface area contributed by atoms with Gasteiger partial charge in [-0.25, -0.2) is 15.0 Å². The molecule has 0 saturated carbocycles. The maximum Gasteiger partial charge on any atom is 0.138 e. The first-order chi connectivity index (χ1) is 24.7. The molecular weight excluding hydrogens is 611 g/mol. The summed E-state index contributed by atoms with van der Waals surface area (Å²) in [6, 6.07) is 36.4. The van der Waals surface area contributed by atoms with Crippen LogP contribution in [0.15, 0.2) is 152 Å². The topological polar surface area (TPSA) is 55.6 Å². The van der Waals surface area contributed by atoms with E-state index in [4.69, 9.17) is 21.4 Å². The van der Waals surface area contributed by atoms with Gasteiger partial charge in [0.25, 0.3) is 0 Å². The van der Waals surface area contributed by atoms with Crippen molar-refractivity contribution in [2.45, 2.75) is 23.8 Å². The summed E-state index contributed by atoms with van der Waals surface area (Å²) in [6.07, 6.45) is 23.0. The summed E-state index contributed by atoms with van der Waals surface area (Å²) in [7, 11) is 0. The highest BCUT2D eigenvalue weighted by molar-refractivity contribution is 5.96. The SMILES string of the molecule is C#C/C=C(\C=C)c1cc(-c2cccc(-n3c4c(c5ccccc53)C=CC3Nc5ccccc5C43c3ccccc3)n2)nc(C2C=CC=CC2)n1. The van der Waals surface area contributed by atoms with Crippen molar-refractivity contribution >= 4 is 28.2 Å². The first-order valence-corrected chi connectivity index (χ1v) is 16.9. The number of pyridine rings is 1. The quantitative estimate of drug-likeness (QED) is 0.145. The molecule has 1 aliphatic heterocycles. The lowest BCUT2D eigenvalue weighted by Crippen LogP contribution is -2.43. The first-order valence-electron chi connectivity index (χ1n) is 16.9. The molecule has 6 aromatic rings. The van der Waals surface area contributed by atoms with Crippen LogP contribution in [0.25, 0.3) is 39.8 Å². The van der Waals surface area contributed by atoms with Gasteiger partial charge in [-0.15, -0.1) is 6.42 Å². The van der Waals surface area contributed by atoms with Crippen LogP contribution in [0, 0.1) is 12.3 Å². The van der Waals surface area contributed by atoms with Gasteiger partial charge in [-0.1, -0.05) is 128 Å². The molecule has 3 aliphatic rings. The minimum Gasteiger partial charge on any atom is -0.377 e. The molecule has 4 heterocycles. The van der Waals surface area contributed by atoms with Crippen LogP contribution < -0.4 is 5.32 Å². The fourth-order valence-electron chi connectivity index (χ4n) is 7.99. The van der Waals surface area contributed by atoms with E-state index in [0.717, 1.165) is 51.9 Å². The van der Waals surface area contributed by atoms with Crippen molar-refractivity contribution in [3.05, 3.63) is 186 Å². The summed E-state index contributed by atoms with van der Waals surface area (Å²) in [4.78, 5) is 15.5. The highest BCUT2D eigenvalue weighted by atomic mass is 15.1. The zero-order chi connectivity index (χ0) is 33.7. The molecule has 0 radical (unpaired) electrons. The maximum absolute atomic E-state index is 5.70. The molecule has 0 bridgehead atoms. The van der Waals surface area contributed by atoms with Gasteiger partial charge < -0.3 is 5.32 Å². The average molecular weight is 644 g/mol. The summed E-state index contributed by atoms with van der Waals surface area (Å²) in [6.45, 7) is 4.01. The predicted octanol–water partition coefficient (Wildman–Crippen LogP) is 9.44. The summed E-state index contributed by atoms with van der Waals surface area (Å²) < 4.78 is 2.37. The molecular formula is C45H33N5. The van der Waals surface area contributed by atoms with E-state index in [1.807, 2.05) is 12.1 Å². The van der Waals surface area contributed by atoms with Crippen molar-refractivity contribution in [3.63, 3.8) is 0 Å². The molecule has 3 aromatic carbocycles. The zero-order valence-corrected chi connectivity index (χ0v) is 27.4. The van der Waals surface area contributed by atoms with Gasteiger partial charge in [0.1, 0.15) is 11.6 Å². The number of rotatable bonds is 6. The minimum atomic E-state index is -0.506. The van der Waals surface area contributed by atoms with Gasteiger partial charge >= 0.3 is 0 Å². The fourth-order valence-corrected chi connectivity index (χ4v) is 7.99. The predicted molar refractivity (Wildman–Crippen MR) is 204 cm³/mol. The molecule has 3 atom stereocenters. The number of allylic oxidation sites excluding steroid dienone is 7. The Morgan fingerprint density at radius 1 is 0.880 bits per heavy atom. The number of aromatic nitrogens is 4. The van der Waals surface area contributed by atoms with E-state index in [1.165, 1.54) is 27.8 Å². The molecule has 1 N–H and O–H groups in total. The molecule has 3 aromatic heterocycles. The van der Waals surface area contributed by atoms with Crippen LogP contribution in [-0.2, 0) is 5.41 Å². The van der Waals surface area contributed by atoms with Crippen molar-refractivity contribution in [3.8, 4) is 29.5 Å². The summed E-state index contributed by atoms with van der Waals surface area (Å²) in [5, 5.41) is 5.05. The van der Waals surface area contributed by atoms with Crippen LogP contribution in [0.2, 0.25) is 0 Å². The number of nitrogens with zero attached hydrogens (tertiary/aromatic N) is 4. The summed E-state index contributed by atoms with van der Waals surface area (Å²) >= 11 is 0. The largest absolute Gasteiger partial charge is 0.377 e. The Labute approximate surface area is 291 Å². The third-order valence-electron chi connectivity index (χ3n) is 10.1. The Kier molecular flexibility index (Phi) is 7.03. The monoisotopic (exact) mass is 643 g/mol. The van der Waals surface area contributed by atoms with E-state index in [-0.39, 0.29) is 12.0 Å². The Bertz CT molecular complexity index is 2490. The first kappa shape index (κ1) is 29.6. The number of hydrogen-bond donors (Lipinski definition) is 1. The molecule has 0 fully saturated rings. The summed E-state index contributed by atoms with van der Waals surface area (Å²) in [5.74, 6) is 4.23. The van der Waals surface area contributed by atoms with Crippen molar-refractivity contribution in [1.82, 2.24) is 19.5 Å². The van der Waals surface area contributed by atoms with E-state index in [9.17, 15) is 0 Å². The zero-order valence-electron chi connectivity index (χ0n) is 27.4. The Hall–Kier alpha value is -6.51. The molecule has 50 heavy (non-hydrogen) atoms. The number of para-hydroxylation sites is 2. The Balaban J connectivity index is 1.30. The number of terminal acetylenes is 1. The molecule has 0 amide bonds. The van der Waals surface area contributed by atoms with Crippen molar-refractivity contribution in [2.75, 3.05) is 5.32 Å². The van der Waals surface area contributed by atoms with Crippen LogP contribution >= 0.6 is 0 Å². The van der Waals surface area contributed by atoms with Gasteiger partial charge in [-0.05, 0) is 54.0 Å². The lowest BCUT2D eigenvalue weighted by atomic mass is 9.65. The average Bonchev–Trinajstić information content (AvgIpc) is 3.71. The van der Waals surface area contributed by atoms with E-state index >= 15 is 0 Å². The molecule has 0 saturated heterocycles. The smallest absolute Gasteiger partial charge is 0.138 e. The van der Waals surface area contributed by atoms with Crippen LogP contribution in [0.1, 0.15) is 46.2 Å². The maximum atomic E-state index is 5.70. The molecule has 238 valence electrons.